The van der Waals surface area contributed by atoms with E-state index in [1.54, 1.807) is 29.3 Å². The minimum absolute atomic E-state index is 0.105. The van der Waals surface area contributed by atoms with E-state index in [1.807, 2.05) is 24.0 Å². The van der Waals surface area contributed by atoms with Crippen molar-refractivity contribution in [3.63, 3.8) is 0 Å². The van der Waals surface area contributed by atoms with E-state index in [9.17, 15) is 9.90 Å². The van der Waals surface area contributed by atoms with Crippen molar-refractivity contribution in [3.05, 3.63) is 54.8 Å². The number of aliphatic hydroxyl groups is 1. The Morgan fingerprint density at radius 3 is 2.61 bits per heavy atom. The number of hydrogen-bond acceptors (Lipinski definition) is 7. The van der Waals surface area contributed by atoms with Crippen LogP contribution in [0.1, 0.15) is 49.8 Å². The standard InChI is InChI=1S/C26H28N8O2/c1-14(2)22-23(16-9-17-4-5-18(10-16)33(17)21(36)13-35)32-26-19(12-31-34(26)24(22)27)15-3-6-20(30-11-15)25-28-7-8-29-25/h3,6-8,11-12,16-18,35H,1,4-5,9-10,13,27H2,2H3,(H,28,29)/t16-,17-,18+. The van der Waals surface area contributed by atoms with Crippen molar-refractivity contribution in [1.82, 2.24) is 34.4 Å². The molecule has 0 radical (unpaired) electrons. The van der Waals surface area contributed by atoms with E-state index >= 15 is 0 Å². The SMILES string of the molecule is C=C(C)c1c([C@@H]2C[C@H]3CC[C@@H](C2)N3C(=O)CO)nc2c(-c3ccc(-c4ncc[nH]4)nc3)cnn2c1N. The van der Waals surface area contributed by atoms with Crippen LogP contribution in [0.4, 0.5) is 5.82 Å². The van der Waals surface area contributed by atoms with Gasteiger partial charge in [0, 0.05) is 53.3 Å². The molecule has 6 rings (SSSR count). The Morgan fingerprint density at radius 2 is 2.00 bits per heavy atom. The number of aromatic amines is 1. The number of imidazole rings is 1. The normalized spacial score (nSPS) is 21.3. The fourth-order valence-corrected chi connectivity index (χ4v) is 5.96. The summed E-state index contributed by atoms with van der Waals surface area (Å²) < 4.78 is 1.67. The van der Waals surface area contributed by atoms with E-state index in [1.165, 1.54) is 0 Å². The first-order valence-electron chi connectivity index (χ1n) is 12.2. The average Bonchev–Trinajstić information content (AvgIpc) is 3.62. The van der Waals surface area contributed by atoms with Gasteiger partial charge in [0.05, 0.1) is 11.9 Å². The van der Waals surface area contributed by atoms with Crippen molar-refractivity contribution in [1.29, 1.82) is 0 Å². The molecule has 0 saturated carbocycles. The van der Waals surface area contributed by atoms with Crippen LogP contribution in [0.15, 0.2) is 43.5 Å². The van der Waals surface area contributed by atoms with Gasteiger partial charge >= 0.3 is 0 Å². The van der Waals surface area contributed by atoms with Gasteiger partial charge in [-0.1, -0.05) is 12.6 Å². The number of piperidine rings is 1. The molecule has 2 aliphatic rings. The first-order valence-corrected chi connectivity index (χ1v) is 12.2. The number of carbonyl (C=O) groups excluding carboxylic acids is 1. The molecule has 2 bridgehead atoms. The summed E-state index contributed by atoms with van der Waals surface area (Å²) in [5, 5.41) is 14.0. The number of anilines is 1. The molecule has 184 valence electrons. The number of fused-ring (bicyclic) bond motifs is 3. The number of pyridine rings is 1. The minimum Gasteiger partial charge on any atom is -0.387 e. The third-order valence-electron chi connectivity index (χ3n) is 7.50. The maximum absolute atomic E-state index is 12.3. The zero-order chi connectivity index (χ0) is 25.0. The van der Waals surface area contributed by atoms with Gasteiger partial charge in [-0.3, -0.25) is 9.78 Å². The summed E-state index contributed by atoms with van der Waals surface area (Å²) in [5.41, 5.74) is 12.4. The van der Waals surface area contributed by atoms with Gasteiger partial charge in [-0.05, 0) is 44.2 Å². The summed E-state index contributed by atoms with van der Waals surface area (Å²) in [4.78, 5) is 31.3. The van der Waals surface area contributed by atoms with Gasteiger partial charge < -0.3 is 20.7 Å². The van der Waals surface area contributed by atoms with Crippen LogP contribution in [0.5, 0.6) is 0 Å². The number of aromatic nitrogens is 6. The molecular formula is C26H28N8O2. The summed E-state index contributed by atoms with van der Waals surface area (Å²) in [5.74, 6) is 1.16. The van der Waals surface area contributed by atoms with Gasteiger partial charge in [0.1, 0.15) is 18.1 Å². The molecule has 2 aliphatic heterocycles. The van der Waals surface area contributed by atoms with Gasteiger partial charge in [-0.25, -0.2) is 9.97 Å². The van der Waals surface area contributed by atoms with Crippen molar-refractivity contribution >= 4 is 22.9 Å². The Bertz CT molecular complexity index is 1440. The molecule has 0 spiro atoms. The van der Waals surface area contributed by atoms with Crippen LogP contribution in [0.3, 0.4) is 0 Å². The number of nitrogens with one attached hydrogen (secondary N) is 1. The number of nitrogen functional groups attached to an aromatic ring is 1. The average molecular weight is 485 g/mol. The molecule has 1 amide bonds. The predicted molar refractivity (Wildman–Crippen MR) is 136 cm³/mol. The van der Waals surface area contributed by atoms with Gasteiger partial charge in [0.2, 0.25) is 5.91 Å². The fourth-order valence-electron chi connectivity index (χ4n) is 5.96. The Balaban J connectivity index is 1.42. The molecule has 0 aliphatic carbocycles. The maximum Gasteiger partial charge on any atom is 0.248 e. The second kappa shape index (κ2) is 8.56. The summed E-state index contributed by atoms with van der Waals surface area (Å²) in [6.07, 6.45) is 10.5. The van der Waals surface area contributed by atoms with Gasteiger partial charge in [-0.15, -0.1) is 0 Å². The highest BCUT2D eigenvalue weighted by atomic mass is 16.3. The lowest BCUT2D eigenvalue weighted by Crippen LogP contribution is -2.47. The second-order valence-corrected chi connectivity index (χ2v) is 9.71. The third-order valence-corrected chi connectivity index (χ3v) is 7.50. The molecule has 10 heteroatoms. The first kappa shape index (κ1) is 22.4. The molecule has 36 heavy (non-hydrogen) atoms. The minimum atomic E-state index is -0.447. The van der Waals surface area contributed by atoms with Crippen LogP contribution in [0, 0.1) is 0 Å². The Morgan fingerprint density at radius 1 is 1.22 bits per heavy atom. The number of nitrogens with zero attached hydrogens (tertiary/aromatic N) is 6. The van der Waals surface area contributed by atoms with Crippen molar-refractivity contribution < 1.29 is 9.90 Å². The summed E-state index contributed by atoms with van der Waals surface area (Å²) in [7, 11) is 0. The number of carbonyl (C=O) groups is 1. The zero-order valence-electron chi connectivity index (χ0n) is 20.1. The molecular weight excluding hydrogens is 456 g/mol. The monoisotopic (exact) mass is 484 g/mol. The largest absolute Gasteiger partial charge is 0.387 e. The summed E-state index contributed by atoms with van der Waals surface area (Å²) >= 11 is 0. The number of nitrogens with two attached hydrogens (primary N) is 1. The zero-order valence-corrected chi connectivity index (χ0v) is 20.1. The highest BCUT2D eigenvalue weighted by molar-refractivity contribution is 5.82. The van der Waals surface area contributed by atoms with Crippen molar-refractivity contribution in [2.24, 2.45) is 0 Å². The molecule has 4 N–H and O–H groups in total. The maximum atomic E-state index is 12.3. The van der Waals surface area contributed by atoms with E-state index in [4.69, 9.17) is 10.7 Å². The van der Waals surface area contributed by atoms with Crippen LogP contribution >= 0.6 is 0 Å². The van der Waals surface area contributed by atoms with E-state index in [0.29, 0.717) is 17.3 Å². The summed E-state index contributed by atoms with van der Waals surface area (Å²) in [6, 6.07) is 4.10. The summed E-state index contributed by atoms with van der Waals surface area (Å²) in [6.45, 7) is 5.67. The lowest BCUT2D eigenvalue weighted by atomic mass is 9.84. The molecule has 10 nitrogen and oxygen atoms in total. The number of allylic oxidation sites excluding steroid dienone is 1. The van der Waals surface area contributed by atoms with Crippen LogP contribution in [0.25, 0.3) is 33.9 Å². The number of rotatable bonds is 5. The quantitative estimate of drug-likeness (QED) is 0.396. The highest BCUT2D eigenvalue weighted by Crippen LogP contribution is 2.45. The van der Waals surface area contributed by atoms with Crippen molar-refractivity contribution in [2.45, 2.75) is 50.6 Å². The molecule has 4 aromatic heterocycles. The predicted octanol–water partition coefficient (Wildman–Crippen LogP) is 3.03. The van der Waals surface area contributed by atoms with Crippen LogP contribution < -0.4 is 5.73 Å². The lowest BCUT2D eigenvalue weighted by Gasteiger charge is -2.39. The van der Waals surface area contributed by atoms with Gasteiger partial charge in [0.15, 0.2) is 11.5 Å². The molecule has 4 aromatic rings. The van der Waals surface area contributed by atoms with E-state index in [-0.39, 0.29) is 23.9 Å². The van der Waals surface area contributed by atoms with E-state index in [0.717, 1.165) is 59.3 Å². The number of aliphatic hydroxyl groups excluding tert-OH is 1. The van der Waals surface area contributed by atoms with Crippen LogP contribution in [0.2, 0.25) is 0 Å². The van der Waals surface area contributed by atoms with Crippen molar-refractivity contribution in [2.75, 3.05) is 12.3 Å². The Kier molecular flexibility index (Phi) is 5.33. The van der Waals surface area contributed by atoms with Crippen molar-refractivity contribution in [3.8, 4) is 22.6 Å². The second-order valence-electron chi connectivity index (χ2n) is 9.71. The first-order chi connectivity index (χ1) is 17.5. The molecule has 2 fully saturated rings. The molecule has 6 heterocycles. The van der Waals surface area contributed by atoms with Gasteiger partial charge in [-0.2, -0.15) is 9.61 Å². The van der Waals surface area contributed by atoms with Crippen LogP contribution in [-0.2, 0) is 4.79 Å². The lowest BCUT2D eigenvalue weighted by molar-refractivity contribution is -0.138. The fraction of sp³-hybridized carbons (Fsp3) is 0.346. The van der Waals surface area contributed by atoms with E-state index in [2.05, 4.69) is 26.6 Å². The Hall–Kier alpha value is -4.05. The van der Waals surface area contributed by atoms with Crippen LogP contribution in [-0.4, -0.2) is 64.2 Å². The third kappa shape index (κ3) is 3.48. The molecule has 2 saturated heterocycles. The molecule has 3 atom stereocenters. The number of hydrogen-bond donors (Lipinski definition) is 3. The van der Waals surface area contributed by atoms with E-state index < -0.39 is 6.61 Å². The Labute approximate surface area is 207 Å². The topological polar surface area (TPSA) is 138 Å². The van der Waals surface area contributed by atoms with Gasteiger partial charge in [0.25, 0.3) is 0 Å². The molecule has 0 aromatic carbocycles. The smallest absolute Gasteiger partial charge is 0.248 e. The number of H-pyrrole nitrogens is 1. The highest BCUT2D eigenvalue weighted by Gasteiger charge is 2.44. The number of amides is 1. The molecule has 0 unspecified atom stereocenters.